The normalized spacial score (nSPS) is 28.0. The van der Waals surface area contributed by atoms with Crippen LogP contribution in [-0.2, 0) is 30.3 Å². The van der Waals surface area contributed by atoms with Crippen molar-refractivity contribution in [3.8, 4) is 5.88 Å². The molecule has 0 bridgehead atoms. The van der Waals surface area contributed by atoms with E-state index >= 15 is 0 Å². The lowest BCUT2D eigenvalue weighted by molar-refractivity contribution is -0.141. The molecule has 3 heterocycles. The van der Waals surface area contributed by atoms with E-state index in [1.54, 1.807) is 24.3 Å². The Balaban J connectivity index is 1.33. The standard InChI is InChI=1S/C32H38F2N6O8S/c1-31(33,34)25-27(36-22-11-8-7-10-21(22)35-25)48-19-15-24-26(41)38-32(29(43)39-49(46,47)20-13-14-20)16-18(32)9-5-3-2-4-6-12-23(37-30(44)45)28(42)40(24)17-19/h5,7-11,18-20,23-24,37H,2-4,6,12-17H2,1H3,(H,38,41)(H,39,43)(H,44,45)/t18-,19-,23+,24+,32-/m1/s1. The first kappa shape index (κ1) is 34.5. The van der Waals surface area contributed by atoms with Crippen LogP contribution in [0.5, 0.6) is 5.88 Å². The van der Waals surface area contributed by atoms with E-state index in [0.717, 1.165) is 4.90 Å². The lowest BCUT2D eigenvalue weighted by Crippen LogP contribution is -2.58. The van der Waals surface area contributed by atoms with Crippen LogP contribution >= 0.6 is 0 Å². The number of rotatable bonds is 7. The number of carbonyl (C=O) groups excluding carboxylic acids is 3. The Morgan fingerprint density at radius 2 is 1.82 bits per heavy atom. The van der Waals surface area contributed by atoms with Gasteiger partial charge in [-0.3, -0.25) is 19.1 Å². The van der Waals surface area contributed by atoms with Gasteiger partial charge in [0, 0.05) is 19.3 Å². The third-order valence-electron chi connectivity index (χ3n) is 9.37. The second kappa shape index (κ2) is 13.1. The molecule has 0 radical (unpaired) electrons. The summed E-state index contributed by atoms with van der Waals surface area (Å²) in [6.07, 6.45) is 4.48. The molecule has 2 aliphatic heterocycles. The Hall–Kier alpha value is -4.41. The maximum absolute atomic E-state index is 14.8. The van der Waals surface area contributed by atoms with Gasteiger partial charge in [0.05, 0.1) is 22.8 Å². The smallest absolute Gasteiger partial charge is 0.405 e. The predicted octanol–water partition coefficient (Wildman–Crippen LogP) is 2.73. The van der Waals surface area contributed by atoms with Gasteiger partial charge in [-0.05, 0) is 50.7 Å². The Bertz CT molecular complexity index is 1800. The largest absolute Gasteiger partial charge is 0.471 e. The molecule has 17 heteroatoms. The van der Waals surface area contributed by atoms with Gasteiger partial charge in [-0.25, -0.2) is 23.2 Å². The zero-order valence-electron chi connectivity index (χ0n) is 26.7. The number of ether oxygens (including phenoxy) is 1. The SMILES string of the molecule is CC(F)(F)c1nc2ccccc2nc1O[C@@H]1C[C@H]2C(=O)N[C@]3(C(=O)NS(=O)(=O)C4CC4)C[C@H]3C=CCCCCC[C@H](NC(=O)O)C(=O)N2C1. The van der Waals surface area contributed by atoms with Crippen molar-refractivity contribution in [1.82, 2.24) is 30.2 Å². The first-order chi connectivity index (χ1) is 23.2. The Morgan fingerprint density at radius 3 is 2.49 bits per heavy atom. The van der Waals surface area contributed by atoms with Crippen LogP contribution < -0.4 is 20.1 Å². The summed E-state index contributed by atoms with van der Waals surface area (Å²) in [5.41, 5.74) is -1.86. The molecule has 14 nitrogen and oxygen atoms in total. The van der Waals surface area contributed by atoms with Crippen LogP contribution in [0, 0.1) is 5.92 Å². The third-order valence-corrected chi connectivity index (χ3v) is 11.2. The Kier molecular flexibility index (Phi) is 9.23. The zero-order valence-corrected chi connectivity index (χ0v) is 27.5. The zero-order chi connectivity index (χ0) is 35.1. The van der Waals surface area contributed by atoms with Gasteiger partial charge in [0.25, 0.3) is 11.8 Å². The topological polar surface area (TPSA) is 197 Å². The number of hydrogen-bond donors (Lipinski definition) is 4. The van der Waals surface area contributed by atoms with Gasteiger partial charge in [-0.2, -0.15) is 8.78 Å². The molecular weight excluding hydrogens is 666 g/mol. The number of carboxylic acid groups (broad SMARTS) is 1. The van der Waals surface area contributed by atoms with Gasteiger partial charge < -0.3 is 25.4 Å². The van der Waals surface area contributed by atoms with Gasteiger partial charge in [-0.1, -0.05) is 37.1 Å². The fourth-order valence-electron chi connectivity index (χ4n) is 6.51. The lowest BCUT2D eigenvalue weighted by Gasteiger charge is -2.29. The summed E-state index contributed by atoms with van der Waals surface area (Å²) in [6, 6.07) is 3.82. The number of fused-ring (bicyclic) bond motifs is 3. The van der Waals surface area contributed by atoms with E-state index in [4.69, 9.17) is 4.74 Å². The molecule has 49 heavy (non-hydrogen) atoms. The molecule has 2 aromatic rings. The quantitative estimate of drug-likeness (QED) is 0.311. The summed E-state index contributed by atoms with van der Waals surface area (Å²) in [7, 11) is -3.95. The number of nitrogens with zero attached hydrogens (tertiary/aromatic N) is 3. The molecule has 2 aliphatic carbocycles. The van der Waals surface area contributed by atoms with Crippen LogP contribution in [0.25, 0.3) is 11.0 Å². The number of hydrogen-bond acceptors (Lipinski definition) is 9. The highest BCUT2D eigenvalue weighted by atomic mass is 32.2. The fraction of sp³-hybridized carbons (Fsp3) is 0.562. The molecule has 264 valence electrons. The number of sulfonamides is 1. The van der Waals surface area contributed by atoms with Crippen LogP contribution in [-0.4, -0.2) is 87.7 Å². The summed E-state index contributed by atoms with van der Waals surface area (Å²) in [5, 5.41) is 13.8. The van der Waals surface area contributed by atoms with E-state index in [9.17, 15) is 41.5 Å². The maximum atomic E-state index is 14.8. The summed E-state index contributed by atoms with van der Waals surface area (Å²) in [5.74, 6) is -6.88. The molecule has 3 fully saturated rings. The number of aromatic nitrogens is 2. The first-order valence-corrected chi connectivity index (χ1v) is 17.9. The lowest BCUT2D eigenvalue weighted by atomic mass is 10.1. The highest BCUT2D eigenvalue weighted by Crippen LogP contribution is 2.46. The van der Waals surface area contributed by atoms with Crippen LogP contribution in [0.1, 0.15) is 70.4 Å². The van der Waals surface area contributed by atoms with E-state index < -0.39 is 86.2 Å². The van der Waals surface area contributed by atoms with Crippen molar-refractivity contribution in [2.24, 2.45) is 5.92 Å². The number of nitrogens with one attached hydrogen (secondary N) is 3. The number of amides is 4. The van der Waals surface area contributed by atoms with Crippen LogP contribution in [0.3, 0.4) is 0 Å². The van der Waals surface area contributed by atoms with Gasteiger partial charge in [0.1, 0.15) is 23.7 Å². The number of para-hydroxylation sites is 2. The van der Waals surface area contributed by atoms with Crippen LogP contribution in [0.4, 0.5) is 13.6 Å². The number of benzene rings is 1. The number of carbonyl (C=O) groups is 4. The molecule has 5 atom stereocenters. The molecular formula is C32H38F2N6O8S. The van der Waals surface area contributed by atoms with E-state index in [2.05, 4.69) is 25.3 Å². The van der Waals surface area contributed by atoms with Crippen molar-refractivity contribution in [2.75, 3.05) is 6.54 Å². The maximum Gasteiger partial charge on any atom is 0.405 e. The molecule has 0 unspecified atom stereocenters. The minimum atomic E-state index is -3.95. The van der Waals surface area contributed by atoms with Gasteiger partial charge in [0.2, 0.25) is 27.7 Å². The van der Waals surface area contributed by atoms with Crippen molar-refractivity contribution >= 4 is 44.9 Å². The van der Waals surface area contributed by atoms with Crippen molar-refractivity contribution in [2.45, 2.75) is 99.6 Å². The second-order valence-electron chi connectivity index (χ2n) is 13.3. The van der Waals surface area contributed by atoms with Crippen molar-refractivity contribution in [3.63, 3.8) is 0 Å². The minimum Gasteiger partial charge on any atom is -0.471 e. The third kappa shape index (κ3) is 7.45. The molecule has 4 aliphatic rings. The summed E-state index contributed by atoms with van der Waals surface area (Å²) in [4.78, 5) is 62.7. The van der Waals surface area contributed by atoms with Crippen molar-refractivity contribution < 1.29 is 46.2 Å². The van der Waals surface area contributed by atoms with Gasteiger partial charge in [0.15, 0.2) is 5.69 Å². The Labute approximate surface area is 281 Å². The number of allylic oxidation sites excluding steroid dienone is 1. The highest BCUT2D eigenvalue weighted by molar-refractivity contribution is 7.91. The van der Waals surface area contributed by atoms with E-state index in [-0.39, 0.29) is 36.8 Å². The number of alkyl halides is 2. The molecule has 6 rings (SSSR count). The second-order valence-corrected chi connectivity index (χ2v) is 15.2. The first-order valence-electron chi connectivity index (χ1n) is 16.3. The summed E-state index contributed by atoms with van der Waals surface area (Å²) in [6.45, 7) is 0.349. The molecule has 1 aromatic heterocycles. The van der Waals surface area contributed by atoms with Crippen molar-refractivity contribution in [3.05, 3.63) is 42.1 Å². The van der Waals surface area contributed by atoms with Crippen LogP contribution in [0.2, 0.25) is 0 Å². The van der Waals surface area contributed by atoms with E-state index in [0.29, 0.717) is 45.4 Å². The average Bonchev–Trinajstić information content (AvgIpc) is 3.95. The molecule has 1 aromatic carbocycles. The number of halogens is 2. The minimum absolute atomic E-state index is 0.118. The summed E-state index contributed by atoms with van der Waals surface area (Å²) < 4.78 is 63.0. The van der Waals surface area contributed by atoms with Crippen LogP contribution in [0.15, 0.2) is 36.4 Å². The van der Waals surface area contributed by atoms with Gasteiger partial charge >= 0.3 is 6.09 Å². The van der Waals surface area contributed by atoms with E-state index in [1.807, 2.05) is 6.08 Å². The molecule has 4 N–H and O–H groups in total. The molecule has 2 saturated carbocycles. The Morgan fingerprint density at radius 1 is 1.10 bits per heavy atom. The molecule has 0 spiro atoms. The highest BCUT2D eigenvalue weighted by Gasteiger charge is 2.62. The average molecular weight is 705 g/mol. The van der Waals surface area contributed by atoms with Gasteiger partial charge in [-0.15, -0.1) is 0 Å². The summed E-state index contributed by atoms with van der Waals surface area (Å²) >= 11 is 0. The monoisotopic (exact) mass is 704 g/mol. The fourth-order valence-corrected chi connectivity index (χ4v) is 7.87. The molecule has 1 saturated heterocycles. The van der Waals surface area contributed by atoms with E-state index in [1.165, 1.54) is 6.07 Å². The molecule has 4 amide bonds. The van der Waals surface area contributed by atoms with Crippen molar-refractivity contribution in [1.29, 1.82) is 0 Å². The predicted molar refractivity (Wildman–Crippen MR) is 170 cm³/mol.